The Kier molecular flexibility index (Phi) is 6.25. The van der Waals surface area contributed by atoms with Crippen molar-refractivity contribution in [2.24, 2.45) is 0 Å². The van der Waals surface area contributed by atoms with Gasteiger partial charge in [-0.05, 0) is 63.0 Å². The molecule has 3 heterocycles. The highest BCUT2D eigenvalue weighted by Crippen LogP contribution is 2.29. The van der Waals surface area contributed by atoms with Gasteiger partial charge in [0.05, 0.1) is 19.3 Å². The lowest BCUT2D eigenvalue weighted by Gasteiger charge is -2.25. The predicted octanol–water partition coefficient (Wildman–Crippen LogP) is 2.86. The van der Waals surface area contributed by atoms with Gasteiger partial charge in [-0.25, -0.2) is 4.98 Å². The van der Waals surface area contributed by atoms with E-state index in [-0.39, 0.29) is 6.61 Å². The van der Waals surface area contributed by atoms with Gasteiger partial charge in [-0.15, -0.1) is 0 Å². The van der Waals surface area contributed by atoms with E-state index in [0.29, 0.717) is 18.5 Å². The van der Waals surface area contributed by atoms with Gasteiger partial charge in [-0.1, -0.05) is 6.07 Å². The predicted molar refractivity (Wildman–Crippen MR) is 119 cm³/mol. The molecule has 8 nitrogen and oxygen atoms in total. The van der Waals surface area contributed by atoms with E-state index in [2.05, 4.69) is 52.0 Å². The SMILES string of the molecule is Cc1ccc(Nc2ncc(-c3cnn(CCO)c3)c(NC3CCNCC3)n2)cc1C. The van der Waals surface area contributed by atoms with Gasteiger partial charge in [0.25, 0.3) is 0 Å². The number of piperidine rings is 1. The Morgan fingerprint density at radius 2 is 2.00 bits per heavy atom. The molecule has 8 heteroatoms. The van der Waals surface area contributed by atoms with Crippen LogP contribution in [-0.2, 0) is 6.54 Å². The average Bonchev–Trinajstić information content (AvgIpc) is 3.20. The first kappa shape index (κ1) is 20.3. The molecule has 1 aliphatic heterocycles. The molecule has 0 bridgehead atoms. The number of nitrogens with zero attached hydrogens (tertiary/aromatic N) is 4. The van der Waals surface area contributed by atoms with Crippen LogP contribution in [0.4, 0.5) is 17.5 Å². The molecule has 4 rings (SSSR count). The summed E-state index contributed by atoms with van der Waals surface area (Å²) in [5.41, 5.74) is 5.28. The van der Waals surface area contributed by atoms with Crippen molar-refractivity contribution in [3.63, 3.8) is 0 Å². The van der Waals surface area contributed by atoms with Crippen LogP contribution >= 0.6 is 0 Å². The molecule has 4 N–H and O–H groups in total. The third-order valence-electron chi connectivity index (χ3n) is 5.51. The smallest absolute Gasteiger partial charge is 0.229 e. The number of aryl methyl sites for hydroxylation is 2. The minimum atomic E-state index is 0.0522. The Bertz CT molecular complexity index is 995. The number of benzene rings is 1. The fraction of sp³-hybridized carbons (Fsp3) is 0.409. The Morgan fingerprint density at radius 3 is 2.77 bits per heavy atom. The molecule has 1 fully saturated rings. The maximum absolute atomic E-state index is 9.17. The van der Waals surface area contributed by atoms with Crippen LogP contribution in [0.1, 0.15) is 24.0 Å². The van der Waals surface area contributed by atoms with Crippen LogP contribution in [-0.4, -0.2) is 50.6 Å². The van der Waals surface area contributed by atoms with Gasteiger partial charge in [-0.3, -0.25) is 4.68 Å². The molecule has 3 aromatic rings. The van der Waals surface area contributed by atoms with Gasteiger partial charge in [-0.2, -0.15) is 10.1 Å². The van der Waals surface area contributed by atoms with E-state index < -0.39 is 0 Å². The standard InChI is InChI=1S/C22H29N7O/c1-15-3-4-19(11-16(15)2)27-22-24-13-20(17-12-25-29(14-17)9-10-30)21(28-22)26-18-5-7-23-8-6-18/h3-4,11-14,18,23,30H,5-10H2,1-2H3,(H2,24,26,27,28). The van der Waals surface area contributed by atoms with E-state index in [0.717, 1.165) is 48.6 Å². The van der Waals surface area contributed by atoms with Crippen molar-refractivity contribution in [2.75, 3.05) is 30.3 Å². The van der Waals surface area contributed by atoms with Crippen molar-refractivity contribution in [1.29, 1.82) is 0 Å². The summed E-state index contributed by atoms with van der Waals surface area (Å²) in [6.45, 7) is 6.71. The topological polar surface area (TPSA) is 99.9 Å². The number of aromatic nitrogens is 4. The molecule has 0 saturated carbocycles. The quantitative estimate of drug-likeness (QED) is 0.478. The summed E-state index contributed by atoms with van der Waals surface area (Å²) in [6.07, 6.45) is 7.64. The third kappa shape index (κ3) is 4.77. The monoisotopic (exact) mass is 407 g/mol. The highest BCUT2D eigenvalue weighted by molar-refractivity contribution is 5.75. The minimum Gasteiger partial charge on any atom is -0.394 e. The number of aliphatic hydroxyl groups is 1. The maximum atomic E-state index is 9.17. The van der Waals surface area contributed by atoms with Gasteiger partial charge >= 0.3 is 0 Å². The van der Waals surface area contributed by atoms with Gasteiger partial charge < -0.3 is 21.1 Å². The summed E-state index contributed by atoms with van der Waals surface area (Å²) in [4.78, 5) is 9.36. The highest BCUT2D eigenvalue weighted by atomic mass is 16.3. The molecule has 0 amide bonds. The lowest BCUT2D eigenvalue weighted by atomic mass is 10.1. The van der Waals surface area contributed by atoms with E-state index >= 15 is 0 Å². The van der Waals surface area contributed by atoms with E-state index in [4.69, 9.17) is 4.98 Å². The van der Waals surface area contributed by atoms with Crippen molar-refractivity contribution in [1.82, 2.24) is 25.1 Å². The molecule has 30 heavy (non-hydrogen) atoms. The van der Waals surface area contributed by atoms with Crippen molar-refractivity contribution in [2.45, 2.75) is 39.3 Å². The van der Waals surface area contributed by atoms with Crippen LogP contribution in [0, 0.1) is 13.8 Å². The fourth-order valence-corrected chi connectivity index (χ4v) is 3.60. The molecular formula is C22H29N7O. The van der Waals surface area contributed by atoms with Crippen LogP contribution in [0.25, 0.3) is 11.1 Å². The maximum Gasteiger partial charge on any atom is 0.229 e. The van der Waals surface area contributed by atoms with Crippen LogP contribution in [0.15, 0.2) is 36.8 Å². The molecule has 158 valence electrons. The lowest BCUT2D eigenvalue weighted by molar-refractivity contribution is 0.269. The second-order valence-electron chi connectivity index (χ2n) is 7.76. The van der Waals surface area contributed by atoms with E-state index in [1.165, 1.54) is 11.1 Å². The Morgan fingerprint density at radius 1 is 1.17 bits per heavy atom. The van der Waals surface area contributed by atoms with Gasteiger partial charge in [0.15, 0.2) is 0 Å². The molecule has 0 radical (unpaired) electrons. The summed E-state index contributed by atoms with van der Waals surface area (Å²) < 4.78 is 1.73. The van der Waals surface area contributed by atoms with Crippen molar-refractivity contribution in [3.8, 4) is 11.1 Å². The van der Waals surface area contributed by atoms with Crippen molar-refractivity contribution in [3.05, 3.63) is 47.9 Å². The summed E-state index contributed by atoms with van der Waals surface area (Å²) in [6, 6.07) is 6.60. The van der Waals surface area contributed by atoms with Crippen molar-refractivity contribution >= 4 is 17.5 Å². The number of aliphatic hydroxyl groups excluding tert-OH is 1. The first-order valence-electron chi connectivity index (χ1n) is 10.4. The minimum absolute atomic E-state index is 0.0522. The summed E-state index contributed by atoms with van der Waals surface area (Å²) in [5.74, 6) is 1.35. The van der Waals surface area contributed by atoms with Gasteiger partial charge in [0.1, 0.15) is 5.82 Å². The van der Waals surface area contributed by atoms with Crippen LogP contribution in [0.2, 0.25) is 0 Å². The van der Waals surface area contributed by atoms with E-state index in [1.807, 2.05) is 18.5 Å². The molecule has 2 aromatic heterocycles. The first-order valence-corrected chi connectivity index (χ1v) is 10.4. The highest BCUT2D eigenvalue weighted by Gasteiger charge is 2.18. The van der Waals surface area contributed by atoms with E-state index in [1.54, 1.807) is 10.9 Å². The van der Waals surface area contributed by atoms with Crippen LogP contribution < -0.4 is 16.0 Å². The fourth-order valence-electron chi connectivity index (χ4n) is 3.60. The van der Waals surface area contributed by atoms with E-state index in [9.17, 15) is 5.11 Å². The molecule has 0 spiro atoms. The number of hydrogen-bond donors (Lipinski definition) is 4. The Balaban J connectivity index is 1.63. The molecule has 1 aliphatic rings. The molecule has 0 unspecified atom stereocenters. The number of hydrogen-bond acceptors (Lipinski definition) is 7. The normalized spacial score (nSPS) is 14.6. The zero-order valence-electron chi connectivity index (χ0n) is 17.5. The number of rotatable bonds is 7. The third-order valence-corrected chi connectivity index (χ3v) is 5.51. The molecular weight excluding hydrogens is 378 g/mol. The average molecular weight is 408 g/mol. The summed E-state index contributed by atoms with van der Waals surface area (Å²) in [5, 5.41) is 23.8. The molecule has 1 saturated heterocycles. The van der Waals surface area contributed by atoms with Crippen LogP contribution in [0.5, 0.6) is 0 Å². The van der Waals surface area contributed by atoms with Crippen molar-refractivity contribution < 1.29 is 5.11 Å². The Hall–Kier alpha value is -2.97. The zero-order chi connectivity index (χ0) is 20.9. The molecule has 0 atom stereocenters. The Labute approximate surface area is 176 Å². The summed E-state index contributed by atoms with van der Waals surface area (Å²) >= 11 is 0. The largest absolute Gasteiger partial charge is 0.394 e. The second-order valence-corrected chi connectivity index (χ2v) is 7.76. The van der Waals surface area contributed by atoms with Gasteiger partial charge in [0, 0.05) is 35.2 Å². The number of nitrogens with one attached hydrogen (secondary N) is 3. The lowest BCUT2D eigenvalue weighted by Crippen LogP contribution is -2.35. The van der Waals surface area contributed by atoms with Gasteiger partial charge in [0.2, 0.25) is 5.95 Å². The van der Waals surface area contributed by atoms with Crippen LogP contribution in [0.3, 0.4) is 0 Å². The summed E-state index contributed by atoms with van der Waals surface area (Å²) in [7, 11) is 0. The second kappa shape index (κ2) is 9.23. The number of anilines is 3. The molecule has 0 aliphatic carbocycles. The zero-order valence-corrected chi connectivity index (χ0v) is 17.5. The molecule has 1 aromatic carbocycles. The first-order chi connectivity index (χ1) is 14.6.